The second-order valence-corrected chi connectivity index (χ2v) is 5.80. The van der Waals surface area contributed by atoms with Crippen molar-refractivity contribution in [3.8, 4) is 5.75 Å². The van der Waals surface area contributed by atoms with Gasteiger partial charge in [0.25, 0.3) is 0 Å². The van der Waals surface area contributed by atoms with Crippen LogP contribution >= 0.6 is 0 Å². The molecule has 0 spiro atoms. The Hall–Kier alpha value is -1.55. The Morgan fingerprint density at radius 1 is 1.50 bits per heavy atom. The standard InChI is InChI=1S/C16H24N2O2/c1-16(11-17,13-7-8-13)18-15(19)9-6-12-4-3-5-14(10-12)20-2/h3-5,10,13H,6-9,11,17H2,1-2H3,(H,18,19). The first-order valence-corrected chi connectivity index (χ1v) is 7.21. The van der Waals surface area contributed by atoms with Crippen LogP contribution in [0.1, 0.15) is 31.7 Å². The van der Waals surface area contributed by atoms with Gasteiger partial charge in [-0.2, -0.15) is 0 Å². The molecule has 1 unspecified atom stereocenters. The van der Waals surface area contributed by atoms with Gasteiger partial charge in [-0.05, 0) is 49.8 Å². The fourth-order valence-electron chi connectivity index (χ4n) is 2.51. The first-order chi connectivity index (χ1) is 9.57. The van der Waals surface area contributed by atoms with Gasteiger partial charge in [-0.1, -0.05) is 12.1 Å². The van der Waals surface area contributed by atoms with Gasteiger partial charge in [-0.3, -0.25) is 4.79 Å². The molecule has 1 aliphatic carbocycles. The largest absolute Gasteiger partial charge is 0.497 e. The van der Waals surface area contributed by atoms with E-state index in [1.54, 1.807) is 7.11 Å². The van der Waals surface area contributed by atoms with Crippen molar-refractivity contribution < 1.29 is 9.53 Å². The van der Waals surface area contributed by atoms with Crippen molar-refractivity contribution in [1.29, 1.82) is 0 Å². The van der Waals surface area contributed by atoms with Gasteiger partial charge >= 0.3 is 0 Å². The Balaban J connectivity index is 1.85. The van der Waals surface area contributed by atoms with Crippen molar-refractivity contribution >= 4 is 5.91 Å². The quantitative estimate of drug-likeness (QED) is 0.799. The highest BCUT2D eigenvalue weighted by Gasteiger charge is 2.41. The minimum atomic E-state index is -0.231. The van der Waals surface area contributed by atoms with E-state index in [0.29, 0.717) is 25.3 Å². The molecule has 1 aromatic carbocycles. The highest BCUT2D eigenvalue weighted by atomic mass is 16.5. The van der Waals surface area contributed by atoms with Gasteiger partial charge < -0.3 is 15.8 Å². The summed E-state index contributed by atoms with van der Waals surface area (Å²) in [7, 11) is 1.65. The molecule has 0 saturated heterocycles. The molecule has 1 fully saturated rings. The fraction of sp³-hybridized carbons (Fsp3) is 0.562. The molecule has 1 amide bonds. The maximum atomic E-state index is 12.1. The summed E-state index contributed by atoms with van der Waals surface area (Å²) in [5, 5.41) is 3.11. The zero-order chi connectivity index (χ0) is 14.6. The summed E-state index contributed by atoms with van der Waals surface area (Å²) >= 11 is 0. The monoisotopic (exact) mass is 276 g/mol. The second-order valence-electron chi connectivity index (χ2n) is 5.80. The second kappa shape index (κ2) is 6.27. The normalized spacial score (nSPS) is 17.4. The number of carbonyl (C=O) groups excluding carboxylic acids is 1. The molecular formula is C16H24N2O2. The van der Waals surface area contributed by atoms with Crippen LogP contribution in [0.3, 0.4) is 0 Å². The van der Waals surface area contributed by atoms with Gasteiger partial charge in [0, 0.05) is 13.0 Å². The lowest BCUT2D eigenvalue weighted by molar-refractivity contribution is -0.123. The first-order valence-electron chi connectivity index (χ1n) is 7.21. The van der Waals surface area contributed by atoms with E-state index in [1.165, 1.54) is 12.8 Å². The number of rotatable bonds is 7. The number of hydrogen-bond acceptors (Lipinski definition) is 3. The van der Waals surface area contributed by atoms with Crippen LogP contribution in [0.15, 0.2) is 24.3 Å². The lowest BCUT2D eigenvalue weighted by atomic mass is 9.95. The molecule has 1 aromatic rings. The number of ether oxygens (including phenoxy) is 1. The minimum Gasteiger partial charge on any atom is -0.497 e. The van der Waals surface area contributed by atoms with Crippen molar-refractivity contribution in [3.63, 3.8) is 0 Å². The molecule has 0 bridgehead atoms. The number of benzene rings is 1. The van der Waals surface area contributed by atoms with E-state index in [4.69, 9.17) is 10.5 Å². The Morgan fingerprint density at radius 2 is 2.25 bits per heavy atom. The fourth-order valence-corrected chi connectivity index (χ4v) is 2.51. The molecule has 110 valence electrons. The number of amides is 1. The number of nitrogens with two attached hydrogens (primary N) is 1. The Bertz CT molecular complexity index is 471. The van der Waals surface area contributed by atoms with E-state index in [2.05, 4.69) is 5.32 Å². The third-order valence-corrected chi connectivity index (χ3v) is 4.10. The van der Waals surface area contributed by atoms with Crippen LogP contribution in [-0.2, 0) is 11.2 Å². The maximum absolute atomic E-state index is 12.1. The summed E-state index contributed by atoms with van der Waals surface area (Å²) in [4.78, 5) is 12.1. The molecule has 20 heavy (non-hydrogen) atoms. The van der Waals surface area contributed by atoms with Crippen LogP contribution in [0, 0.1) is 5.92 Å². The summed E-state index contributed by atoms with van der Waals surface area (Å²) in [5.41, 5.74) is 6.69. The summed E-state index contributed by atoms with van der Waals surface area (Å²) in [6.45, 7) is 2.55. The molecule has 3 N–H and O–H groups in total. The lowest BCUT2D eigenvalue weighted by Crippen LogP contribution is -2.53. The summed E-state index contributed by atoms with van der Waals surface area (Å²) in [6, 6.07) is 7.83. The van der Waals surface area contributed by atoms with Crippen LogP contribution in [0.5, 0.6) is 5.75 Å². The number of methoxy groups -OCH3 is 1. The molecule has 0 aromatic heterocycles. The van der Waals surface area contributed by atoms with E-state index in [-0.39, 0.29) is 11.4 Å². The number of nitrogens with one attached hydrogen (secondary N) is 1. The van der Waals surface area contributed by atoms with Crippen LogP contribution in [0.4, 0.5) is 0 Å². The molecule has 1 atom stereocenters. The zero-order valence-electron chi connectivity index (χ0n) is 12.3. The molecular weight excluding hydrogens is 252 g/mol. The average molecular weight is 276 g/mol. The Kier molecular flexibility index (Phi) is 4.65. The molecule has 0 aliphatic heterocycles. The number of aryl methyl sites for hydroxylation is 1. The van der Waals surface area contributed by atoms with Crippen LogP contribution < -0.4 is 15.8 Å². The van der Waals surface area contributed by atoms with E-state index >= 15 is 0 Å². The summed E-state index contributed by atoms with van der Waals surface area (Å²) in [6.07, 6.45) is 3.54. The van der Waals surface area contributed by atoms with Gasteiger partial charge in [-0.25, -0.2) is 0 Å². The minimum absolute atomic E-state index is 0.0765. The van der Waals surface area contributed by atoms with Gasteiger partial charge in [0.05, 0.1) is 12.6 Å². The molecule has 1 saturated carbocycles. The van der Waals surface area contributed by atoms with E-state index in [9.17, 15) is 4.79 Å². The van der Waals surface area contributed by atoms with Crippen molar-refractivity contribution in [1.82, 2.24) is 5.32 Å². The average Bonchev–Trinajstić information content (AvgIpc) is 3.30. The van der Waals surface area contributed by atoms with Gasteiger partial charge in [-0.15, -0.1) is 0 Å². The Morgan fingerprint density at radius 3 is 2.85 bits per heavy atom. The predicted molar refractivity (Wildman–Crippen MR) is 79.6 cm³/mol. The lowest BCUT2D eigenvalue weighted by Gasteiger charge is -2.29. The highest BCUT2D eigenvalue weighted by molar-refractivity contribution is 5.77. The third-order valence-electron chi connectivity index (χ3n) is 4.10. The van der Waals surface area contributed by atoms with E-state index in [0.717, 1.165) is 11.3 Å². The van der Waals surface area contributed by atoms with Crippen molar-refractivity contribution in [3.05, 3.63) is 29.8 Å². The summed E-state index contributed by atoms with van der Waals surface area (Å²) in [5.74, 6) is 1.45. The van der Waals surface area contributed by atoms with E-state index in [1.807, 2.05) is 31.2 Å². The summed E-state index contributed by atoms with van der Waals surface area (Å²) < 4.78 is 5.18. The molecule has 0 heterocycles. The van der Waals surface area contributed by atoms with E-state index < -0.39 is 0 Å². The number of hydrogen-bond donors (Lipinski definition) is 2. The third kappa shape index (κ3) is 3.73. The van der Waals surface area contributed by atoms with Crippen molar-refractivity contribution in [2.45, 2.75) is 38.1 Å². The van der Waals surface area contributed by atoms with Crippen LogP contribution in [0.2, 0.25) is 0 Å². The zero-order valence-corrected chi connectivity index (χ0v) is 12.3. The molecule has 2 rings (SSSR count). The number of carbonyl (C=O) groups is 1. The first kappa shape index (κ1) is 14.9. The highest BCUT2D eigenvalue weighted by Crippen LogP contribution is 2.39. The van der Waals surface area contributed by atoms with Gasteiger partial charge in [0.1, 0.15) is 5.75 Å². The smallest absolute Gasteiger partial charge is 0.220 e. The Labute approximate surface area is 120 Å². The molecule has 0 radical (unpaired) electrons. The maximum Gasteiger partial charge on any atom is 0.220 e. The van der Waals surface area contributed by atoms with Gasteiger partial charge in [0.15, 0.2) is 0 Å². The topological polar surface area (TPSA) is 64.3 Å². The van der Waals surface area contributed by atoms with Crippen molar-refractivity contribution in [2.24, 2.45) is 11.7 Å². The van der Waals surface area contributed by atoms with Gasteiger partial charge in [0.2, 0.25) is 5.91 Å². The molecule has 4 heteroatoms. The van der Waals surface area contributed by atoms with Crippen LogP contribution in [0.25, 0.3) is 0 Å². The van der Waals surface area contributed by atoms with Crippen molar-refractivity contribution in [2.75, 3.05) is 13.7 Å². The van der Waals surface area contributed by atoms with Crippen LogP contribution in [-0.4, -0.2) is 25.1 Å². The SMILES string of the molecule is COc1cccc(CCC(=O)NC(C)(CN)C2CC2)c1. The molecule has 4 nitrogen and oxygen atoms in total. The predicted octanol–water partition coefficient (Wildman–Crippen LogP) is 1.87. The molecule has 1 aliphatic rings.